The molecule has 0 bridgehead atoms. The van der Waals surface area contributed by atoms with Crippen LogP contribution < -0.4 is 5.73 Å². The zero-order chi connectivity index (χ0) is 17.4. The van der Waals surface area contributed by atoms with E-state index in [4.69, 9.17) is 5.73 Å². The average molecular weight is 375 g/mol. The predicted octanol–water partition coefficient (Wildman–Crippen LogP) is 2.72. The molecule has 2 N–H and O–H groups in total. The number of nitrogens with zero attached hydrogens (tertiary/aromatic N) is 3. The van der Waals surface area contributed by atoms with Gasteiger partial charge in [-0.3, -0.25) is 9.48 Å². The minimum absolute atomic E-state index is 0. The fraction of sp³-hybridized carbons (Fsp3) is 0.500. The van der Waals surface area contributed by atoms with Crippen LogP contribution in [0.5, 0.6) is 0 Å². The molecule has 4 rings (SSSR count). The van der Waals surface area contributed by atoms with Crippen LogP contribution in [0.1, 0.15) is 41.4 Å². The standard InChI is InChI=1S/C20H26N4O.ClH/c1-2-19-16(10-22-24(19)11-14-6-4-3-5-7-14)20(25)23-12-15-8-9-18(21)17(15)13-23;/h3-7,10,15,17-18H,2,8-9,11-13,21H2,1H3;1H. The first-order valence-corrected chi connectivity index (χ1v) is 9.30. The van der Waals surface area contributed by atoms with Crippen molar-refractivity contribution in [2.45, 2.75) is 38.8 Å². The highest BCUT2D eigenvalue weighted by molar-refractivity contribution is 5.95. The number of hydrogen-bond donors (Lipinski definition) is 1. The molecule has 3 atom stereocenters. The van der Waals surface area contributed by atoms with Gasteiger partial charge in [-0.05, 0) is 36.7 Å². The van der Waals surface area contributed by atoms with Crippen LogP contribution in [0.2, 0.25) is 0 Å². The first-order valence-electron chi connectivity index (χ1n) is 9.30. The molecule has 1 aliphatic heterocycles. The van der Waals surface area contributed by atoms with Gasteiger partial charge in [0.25, 0.3) is 5.91 Å². The van der Waals surface area contributed by atoms with Gasteiger partial charge < -0.3 is 10.6 Å². The summed E-state index contributed by atoms with van der Waals surface area (Å²) in [6.45, 7) is 4.44. The van der Waals surface area contributed by atoms with Crippen molar-refractivity contribution in [3.8, 4) is 0 Å². The molecule has 1 saturated heterocycles. The van der Waals surface area contributed by atoms with E-state index < -0.39 is 0 Å². The molecule has 0 radical (unpaired) electrons. The van der Waals surface area contributed by atoms with E-state index in [0.717, 1.165) is 43.6 Å². The zero-order valence-corrected chi connectivity index (χ0v) is 16.0. The quantitative estimate of drug-likeness (QED) is 0.894. The van der Waals surface area contributed by atoms with E-state index in [1.165, 1.54) is 5.56 Å². The summed E-state index contributed by atoms with van der Waals surface area (Å²) < 4.78 is 1.96. The lowest BCUT2D eigenvalue weighted by Gasteiger charge is -2.19. The topological polar surface area (TPSA) is 64.2 Å². The van der Waals surface area contributed by atoms with Crippen molar-refractivity contribution < 1.29 is 4.79 Å². The summed E-state index contributed by atoms with van der Waals surface area (Å²) in [6, 6.07) is 10.5. The Balaban J connectivity index is 0.00000196. The van der Waals surface area contributed by atoms with Crippen LogP contribution in [0.3, 0.4) is 0 Å². The summed E-state index contributed by atoms with van der Waals surface area (Å²) >= 11 is 0. The van der Waals surface area contributed by atoms with Crippen molar-refractivity contribution in [1.29, 1.82) is 0 Å². The second-order valence-corrected chi connectivity index (χ2v) is 7.38. The van der Waals surface area contributed by atoms with E-state index in [1.54, 1.807) is 6.20 Å². The lowest BCUT2D eigenvalue weighted by atomic mass is 9.98. The number of benzene rings is 1. The molecule has 5 nitrogen and oxygen atoms in total. The molecular formula is C20H27ClN4O. The van der Waals surface area contributed by atoms with Crippen molar-refractivity contribution >= 4 is 18.3 Å². The summed E-state index contributed by atoms with van der Waals surface area (Å²) in [5.74, 6) is 1.19. The second kappa shape index (κ2) is 7.80. The molecule has 1 aromatic carbocycles. The lowest BCUT2D eigenvalue weighted by Crippen LogP contribution is -2.33. The minimum Gasteiger partial charge on any atom is -0.338 e. The minimum atomic E-state index is 0. The number of likely N-dealkylation sites (tertiary alicyclic amines) is 1. The Morgan fingerprint density at radius 1 is 1.23 bits per heavy atom. The van der Waals surface area contributed by atoms with Crippen LogP contribution >= 0.6 is 12.4 Å². The van der Waals surface area contributed by atoms with Gasteiger partial charge in [-0.25, -0.2) is 0 Å². The number of aromatic nitrogens is 2. The van der Waals surface area contributed by atoms with Gasteiger partial charge in [-0.2, -0.15) is 5.10 Å². The highest BCUT2D eigenvalue weighted by atomic mass is 35.5. The van der Waals surface area contributed by atoms with Gasteiger partial charge >= 0.3 is 0 Å². The molecule has 1 aliphatic carbocycles. The van der Waals surface area contributed by atoms with Crippen molar-refractivity contribution in [2.24, 2.45) is 17.6 Å². The third-order valence-corrected chi connectivity index (χ3v) is 5.89. The largest absolute Gasteiger partial charge is 0.338 e. The Bertz CT molecular complexity index is 760. The third kappa shape index (κ3) is 3.38. The molecule has 26 heavy (non-hydrogen) atoms. The summed E-state index contributed by atoms with van der Waals surface area (Å²) in [5.41, 5.74) is 9.19. The highest BCUT2D eigenvalue weighted by Gasteiger charge is 2.43. The maximum atomic E-state index is 13.1. The van der Waals surface area contributed by atoms with Crippen LogP contribution in [0.4, 0.5) is 0 Å². The lowest BCUT2D eigenvalue weighted by molar-refractivity contribution is 0.0778. The van der Waals surface area contributed by atoms with E-state index in [0.29, 0.717) is 18.4 Å². The van der Waals surface area contributed by atoms with E-state index in [1.807, 2.05) is 27.8 Å². The molecular weight excluding hydrogens is 348 g/mol. The summed E-state index contributed by atoms with van der Waals surface area (Å²) in [4.78, 5) is 15.1. The number of fused-ring (bicyclic) bond motifs is 1. The third-order valence-electron chi connectivity index (χ3n) is 5.89. The molecule has 1 saturated carbocycles. The molecule has 0 spiro atoms. The first-order chi connectivity index (χ1) is 12.2. The van der Waals surface area contributed by atoms with Crippen LogP contribution in [-0.2, 0) is 13.0 Å². The monoisotopic (exact) mass is 374 g/mol. The number of rotatable bonds is 4. The zero-order valence-electron chi connectivity index (χ0n) is 15.2. The summed E-state index contributed by atoms with van der Waals surface area (Å²) in [7, 11) is 0. The Morgan fingerprint density at radius 2 is 2.00 bits per heavy atom. The normalized spacial score (nSPS) is 24.4. The van der Waals surface area contributed by atoms with E-state index >= 15 is 0 Å². The highest BCUT2D eigenvalue weighted by Crippen LogP contribution is 2.37. The number of carbonyl (C=O) groups is 1. The Kier molecular flexibility index (Phi) is 5.68. The molecule has 3 unspecified atom stereocenters. The van der Waals surface area contributed by atoms with Crippen molar-refractivity contribution in [1.82, 2.24) is 14.7 Å². The number of carbonyl (C=O) groups excluding carboxylic acids is 1. The molecule has 1 amide bonds. The molecule has 2 aromatic rings. The molecule has 2 heterocycles. The maximum absolute atomic E-state index is 13.1. The van der Waals surface area contributed by atoms with Crippen LogP contribution in [0.25, 0.3) is 0 Å². The van der Waals surface area contributed by atoms with Gasteiger partial charge in [0.05, 0.1) is 24.0 Å². The fourth-order valence-corrected chi connectivity index (χ4v) is 4.50. The smallest absolute Gasteiger partial charge is 0.257 e. The fourth-order valence-electron chi connectivity index (χ4n) is 4.50. The Labute approximate surface area is 161 Å². The van der Waals surface area contributed by atoms with Crippen LogP contribution in [0.15, 0.2) is 36.5 Å². The van der Waals surface area contributed by atoms with Crippen molar-refractivity contribution in [3.05, 3.63) is 53.3 Å². The average Bonchev–Trinajstić information content (AvgIpc) is 3.31. The molecule has 6 heteroatoms. The van der Waals surface area contributed by atoms with Crippen LogP contribution in [0, 0.1) is 11.8 Å². The number of hydrogen-bond acceptors (Lipinski definition) is 3. The van der Waals surface area contributed by atoms with Crippen molar-refractivity contribution in [2.75, 3.05) is 13.1 Å². The molecule has 140 valence electrons. The second-order valence-electron chi connectivity index (χ2n) is 7.38. The SMILES string of the molecule is CCc1c(C(=O)N2CC3CCC(N)C3C2)cnn1Cc1ccccc1.Cl. The Hall–Kier alpha value is -1.85. The van der Waals surface area contributed by atoms with Gasteiger partial charge in [0.15, 0.2) is 0 Å². The molecule has 1 aromatic heterocycles. The van der Waals surface area contributed by atoms with Crippen LogP contribution in [-0.4, -0.2) is 39.7 Å². The summed E-state index contributed by atoms with van der Waals surface area (Å²) in [5, 5.41) is 4.51. The number of halogens is 1. The van der Waals surface area contributed by atoms with E-state index in [-0.39, 0.29) is 24.4 Å². The van der Waals surface area contributed by atoms with E-state index in [9.17, 15) is 4.79 Å². The first kappa shape index (κ1) is 18.9. The number of nitrogens with two attached hydrogens (primary N) is 1. The van der Waals surface area contributed by atoms with Gasteiger partial charge in [-0.15, -0.1) is 12.4 Å². The van der Waals surface area contributed by atoms with Gasteiger partial charge in [-0.1, -0.05) is 37.3 Å². The summed E-state index contributed by atoms with van der Waals surface area (Å²) in [6.07, 6.45) is 4.81. The predicted molar refractivity (Wildman–Crippen MR) is 104 cm³/mol. The van der Waals surface area contributed by atoms with E-state index in [2.05, 4.69) is 24.2 Å². The maximum Gasteiger partial charge on any atom is 0.257 e. The molecule has 2 aliphatic rings. The van der Waals surface area contributed by atoms with Crippen molar-refractivity contribution in [3.63, 3.8) is 0 Å². The molecule has 2 fully saturated rings. The van der Waals surface area contributed by atoms with Gasteiger partial charge in [0.2, 0.25) is 0 Å². The van der Waals surface area contributed by atoms with Gasteiger partial charge in [0.1, 0.15) is 0 Å². The Morgan fingerprint density at radius 3 is 2.69 bits per heavy atom. The number of amides is 1. The van der Waals surface area contributed by atoms with Gasteiger partial charge in [0, 0.05) is 19.1 Å².